The monoisotopic (exact) mass is 717 g/mol. The number of carbonyl (C=O) groups excluding carboxylic acids is 2. The van der Waals surface area contributed by atoms with E-state index in [4.69, 9.17) is 5.21 Å². The number of hydrogen-bond acceptors (Lipinski definition) is 7. The second-order valence-electron chi connectivity index (χ2n) is 13.2. The Balaban J connectivity index is 0. The normalized spacial score (nSPS) is 11.7. The molecule has 0 saturated carbocycles. The molecule has 0 aliphatic heterocycles. The van der Waals surface area contributed by atoms with Gasteiger partial charge in [0, 0.05) is 12.8 Å². The Hall–Kier alpha value is -1.59. The lowest BCUT2D eigenvalue weighted by Crippen LogP contribution is -2.82. The summed E-state index contributed by atoms with van der Waals surface area (Å²) in [6, 6.07) is 0. The average molecular weight is 717 g/mol. The van der Waals surface area contributed by atoms with Crippen LogP contribution >= 0.6 is 0 Å². The molecule has 0 fully saturated rings. The molecule has 0 radical (unpaired) electrons. The van der Waals surface area contributed by atoms with Crippen LogP contribution in [0.5, 0.6) is 0 Å². The Labute approximate surface area is 302 Å². The van der Waals surface area contributed by atoms with Crippen LogP contribution in [0, 0.1) is 0 Å². The maximum absolute atomic E-state index is 12.8. The Morgan fingerprint density at radius 1 is 0.592 bits per heavy atom. The number of rotatable bonds is 34. The van der Waals surface area contributed by atoms with E-state index in [0.29, 0.717) is 25.9 Å². The van der Waals surface area contributed by atoms with E-state index in [1.165, 1.54) is 120 Å². The summed E-state index contributed by atoms with van der Waals surface area (Å²) < 4.78 is 31.0. The molecule has 0 bridgehead atoms. The number of allylic oxidation sites excluding steroid dienone is 4. The zero-order valence-corrected chi connectivity index (χ0v) is 32.7. The topological polar surface area (TPSA) is 141 Å². The summed E-state index contributed by atoms with van der Waals surface area (Å²) in [5, 5.41) is 9.13. The maximum Gasteiger partial charge on any atom is 0.229 e. The number of nitrogens with zero attached hydrogens (tertiary/aromatic N) is 1. The van der Waals surface area contributed by atoms with Gasteiger partial charge in [0.05, 0.1) is 13.7 Å². The molecule has 0 saturated heterocycles. The molecule has 0 rings (SSSR count). The zero-order valence-electron chi connectivity index (χ0n) is 31.9. The van der Waals surface area contributed by atoms with E-state index in [-0.39, 0.29) is 11.8 Å². The highest BCUT2D eigenvalue weighted by Gasteiger charge is 2.20. The van der Waals surface area contributed by atoms with Crippen LogP contribution in [0.15, 0.2) is 24.3 Å². The third kappa shape index (κ3) is 40.7. The number of nitrogens with two attached hydrogens (primary N) is 1. The van der Waals surface area contributed by atoms with Crippen molar-refractivity contribution in [3.05, 3.63) is 24.3 Å². The molecule has 290 valence electrons. The fourth-order valence-electron chi connectivity index (χ4n) is 5.54. The van der Waals surface area contributed by atoms with Gasteiger partial charge in [-0.25, -0.2) is 19.1 Å². The summed E-state index contributed by atoms with van der Waals surface area (Å²) in [6.07, 6.45) is 42.2. The fraction of sp³-hybridized carbons (Fsp3) is 0.846. The molecule has 0 heterocycles. The van der Waals surface area contributed by atoms with Crippen molar-refractivity contribution >= 4 is 22.2 Å². The molecule has 0 atom stereocenters. The van der Waals surface area contributed by atoms with Gasteiger partial charge in [0.25, 0.3) is 0 Å². The first-order chi connectivity index (χ1) is 23.7. The van der Waals surface area contributed by atoms with Gasteiger partial charge in [0.15, 0.2) is 0 Å². The van der Waals surface area contributed by atoms with Crippen LogP contribution in [0.25, 0.3) is 0 Å². The second-order valence-corrected chi connectivity index (χ2v) is 14.3. The fourth-order valence-corrected chi connectivity index (χ4v) is 5.54. The van der Waals surface area contributed by atoms with Gasteiger partial charge in [-0.1, -0.05) is 141 Å². The standard InChI is InChI=1S/C38H72N2O3.CH4O4S/c1-3-5-7-9-11-13-15-17-19-21-23-25-27-29-31-33-37(41)40(36-35-39-43)38(42)34-32-30-28-26-24-22-20-18-16-14-12-10-8-6-4-2;1-5-6(2,3)4/h17-20,39,43H,3-16,21-36H2,1-2H3;1H3,(H,2,3,4)/b19-17-,20-18-;. The van der Waals surface area contributed by atoms with Crippen molar-refractivity contribution in [3.63, 3.8) is 0 Å². The molecule has 49 heavy (non-hydrogen) atoms. The molecular weight excluding hydrogens is 641 g/mol. The predicted molar refractivity (Wildman–Crippen MR) is 201 cm³/mol. The SMILES string of the molecule is CCCCCCCC/C=C\CCCCCCCC(=O)N(CC[NH2+]O)C(=O)CCCCCCC/C=C\CCCCCCCC.COS(=O)(=O)[O-]. The summed E-state index contributed by atoms with van der Waals surface area (Å²) >= 11 is 0. The van der Waals surface area contributed by atoms with E-state index in [1.807, 2.05) is 0 Å². The quantitative estimate of drug-likeness (QED) is 0.0222. The van der Waals surface area contributed by atoms with E-state index in [9.17, 15) is 22.6 Å². The van der Waals surface area contributed by atoms with Crippen molar-refractivity contribution in [3.8, 4) is 0 Å². The molecule has 0 aromatic rings. The smallest absolute Gasteiger partial charge is 0.229 e. The highest BCUT2D eigenvalue weighted by molar-refractivity contribution is 7.80. The van der Waals surface area contributed by atoms with E-state index >= 15 is 0 Å². The molecule has 0 aromatic heterocycles. The molecule has 10 heteroatoms. The Kier molecular flexibility index (Phi) is 39.6. The van der Waals surface area contributed by atoms with Crippen LogP contribution in [0.4, 0.5) is 0 Å². The van der Waals surface area contributed by atoms with Crippen molar-refractivity contribution in [2.45, 2.75) is 194 Å². The van der Waals surface area contributed by atoms with Crippen LogP contribution < -0.4 is 5.48 Å². The van der Waals surface area contributed by atoms with Gasteiger partial charge in [0.2, 0.25) is 22.2 Å². The summed E-state index contributed by atoms with van der Waals surface area (Å²) in [5.74, 6) is -0.144. The molecule has 9 nitrogen and oxygen atoms in total. The van der Waals surface area contributed by atoms with E-state index in [0.717, 1.165) is 64.0 Å². The van der Waals surface area contributed by atoms with Crippen molar-refractivity contribution in [1.29, 1.82) is 0 Å². The minimum absolute atomic E-state index is 0.0720. The van der Waals surface area contributed by atoms with Crippen molar-refractivity contribution in [2.24, 2.45) is 0 Å². The van der Waals surface area contributed by atoms with E-state index in [1.54, 1.807) is 0 Å². The van der Waals surface area contributed by atoms with Crippen molar-refractivity contribution in [2.75, 3.05) is 20.2 Å². The summed E-state index contributed by atoms with van der Waals surface area (Å²) in [4.78, 5) is 27.0. The Morgan fingerprint density at radius 2 is 0.878 bits per heavy atom. The van der Waals surface area contributed by atoms with Crippen LogP contribution in [0.1, 0.15) is 194 Å². The van der Waals surface area contributed by atoms with Gasteiger partial charge in [-0.15, -0.1) is 0 Å². The van der Waals surface area contributed by atoms with Gasteiger partial charge >= 0.3 is 0 Å². The third-order valence-corrected chi connectivity index (χ3v) is 9.00. The number of unbranched alkanes of at least 4 members (excludes halogenated alkanes) is 22. The van der Waals surface area contributed by atoms with Gasteiger partial charge in [0.1, 0.15) is 6.54 Å². The highest BCUT2D eigenvalue weighted by atomic mass is 32.3. The van der Waals surface area contributed by atoms with Crippen LogP contribution in [0.3, 0.4) is 0 Å². The number of quaternary nitrogens is 1. The first kappa shape index (κ1) is 49.5. The lowest BCUT2D eigenvalue weighted by atomic mass is 10.1. The third-order valence-electron chi connectivity index (χ3n) is 8.59. The van der Waals surface area contributed by atoms with E-state index < -0.39 is 10.4 Å². The number of hydroxylamine groups is 1. The summed E-state index contributed by atoms with van der Waals surface area (Å²) in [7, 11) is -3.60. The first-order valence-corrected chi connectivity index (χ1v) is 21.2. The van der Waals surface area contributed by atoms with Gasteiger partial charge in [-0.05, 0) is 64.2 Å². The van der Waals surface area contributed by atoms with E-state index in [2.05, 4.69) is 42.3 Å². The van der Waals surface area contributed by atoms with Crippen LogP contribution in [-0.4, -0.2) is 55.1 Å². The maximum atomic E-state index is 12.8. The molecule has 3 N–H and O–H groups in total. The lowest BCUT2D eigenvalue weighted by molar-refractivity contribution is -0.885. The minimum Gasteiger partial charge on any atom is -0.726 e. The van der Waals surface area contributed by atoms with Gasteiger partial charge in [-0.2, -0.15) is 0 Å². The Morgan fingerprint density at radius 3 is 1.16 bits per heavy atom. The molecule has 0 aromatic carbocycles. The van der Waals surface area contributed by atoms with Gasteiger partial charge < -0.3 is 4.55 Å². The first-order valence-electron chi connectivity index (χ1n) is 19.8. The highest BCUT2D eigenvalue weighted by Crippen LogP contribution is 2.13. The largest absolute Gasteiger partial charge is 0.726 e. The number of hydrogen-bond donors (Lipinski definition) is 2. The van der Waals surface area contributed by atoms with Crippen molar-refractivity contribution in [1.82, 2.24) is 4.90 Å². The number of carbonyl (C=O) groups is 2. The van der Waals surface area contributed by atoms with Crippen molar-refractivity contribution < 1.29 is 37.4 Å². The number of amides is 2. The van der Waals surface area contributed by atoms with Crippen LogP contribution in [0.2, 0.25) is 0 Å². The summed E-state index contributed by atoms with van der Waals surface area (Å²) in [6.45, 7) is 5.17. The number of imide groups is 1. The second kappa shape index (κ2) is 39.2. The lowest BCUT2D eigenvalue weighted by Gasteiger charge is -2.19. The Bertz CT molecular complexity index is 842. The van der Waals surface area contributed by atoms with Crippen LogP contribution in [-0.2, 0) is 24.2 Å². The molecule has 0 aliphatic carbocycles. The molecule has 0 unspecified atom stereocenters. The average Bonchev–Trinajstić information content (AvgIpc) is 3.08. The minimum atomic E-state index is -4.41. The molecule has 0 spiro atoms. The molecule has 0 aliphatic rings. The zero-order chi connectivity index (χ0) is 36.7. The summed E-state index contributed by atoms with van der Waals surface area (Å²) in [5.41, 5.74) is 1.05. The molecule has 2 amide bonds. The molecular formula is C39H76N2O7S. The van der Waals surface area contributed by atoms with Gasteiger partial charge in [-0.3, -0.25) is 18.7 Å². The predicted octanol–water partition coefficient (Wildman–Crippen LogP) is 9.46.